The Labute approximate surface area is 199 Å². The minimum Gasteiger partial charge on any atom is -0.466 e. The molecule has 8 nitrogen and oxygen atoms in total. The molecule has 0 aromatic carbocycles. The highest BCUT2D eigenvalue weighted by molar-refractivity contribution is 6.28. The van der Waals surface area contributed by atoms with Crippen LogP contribution in [0.3, 0.4) is 0 Å². The zero-order chi connectivity index (χ0) is 24.3. The fourth-order valence-corrected chi connectivity index (χ4v) is 5.03. The maximum absolute atomic E-state index is 12.5. The maximum atomic E-state index is 12.5. The number of carbonyl (C=O) groups is 1. The molecule has 1 aliphatic heterocycles. The summed E-state index contributed by atoms with van der Waals surface area (Å²) < 4.78 is 46.7. The molecule has 1 saturated heterocycles. The molecule has 2 atom stereocenters. The summed E-state index contributed by atoms with van der Waals surface area (Å²) in [5.41, 5.74) is 0.00547. The van der Waals surface area contributed by atoms with E-state index in [1.54, 1.807) is 6.07 Å². The van der Waals surface area contributed by atoms with Crippen molar-refractivity contribution >= 4 is 35.0 Å². The second-order valence-electron chi connectivity index (χ2n) is 8.65. The van der Waals surface area contributed by atoms with Crippen LogP contribution in [0.4, 0.5) is 30.6 Å². The second-order valence-corrected chi connectivity index (χ2v) is 8.98. The van der Waals surface area contributed by atoms with Crippen LogP contribution in [-0.2, 0) is 9.53 Å². The van der Waals surface area contributed by atoms with Gasteiger partial charge in [-0.25, -0.2) is 15.0 Å². The molecule has 2 fully saturated rings. The fourth-order valence-electron chi connectivity index (χ4n) is 4.85. The number of esters is 1. The third kappa shape index (κ3) is 5.99. The number of hydrogen-bond donors (Lipinski definition) is 1. The molecule has 0 radical (unpaired) electrons. The summed E-state index contributed by atoms with van der Waals surface area (Å²) >= 11 is 6.15. The van der Waals surface area contributed by atoms with Crippen LogP contribution < -0.4 is 15.0 Å². The van der Waals surface area contributed by atoms with E-state index < -0.39 is 12.1 Å². The minimum absolute atomic E-state index is 0.00306. The van der Waals surface area contributed by atoms with Gasteiger partial charge in [0.1, 0.15) is 23.2 Å². The van der Waals surface area contributed by atoms with E-state index in [1.807, 2.05) is 6.92 Å². The summed E-state index contributed by atoms with van der Waals surface area (Å²) in [5.74, 6) is 0.393. The Balaban J connectivity index is 1.47. The predicted octanol–water partition coefficient (Wildman–Crippen LogP) is 5.12. The first-order valence-electron chi connectivity index (χ1n) is 11.1. The molecular weight excluding hydrogens is 475 g/mol. The number of aromatic nitrogens is 3. The van der Waals surface area contributed by atoms with E-state index in [0.717, 1.165) is 57.3 Å². The summed E-state index contributed by atoms with van der Waals surface area (Å²) in [6, 6.07) is 3.90. The molecule has 1 spiro atoms. The first kappa shape index (κ1) is 24.3. The normalized spacial score (nSPS) is 22.6. The van der Waals surface area contributed by atoms with E-state index in [9.17, 15) is 18.0 Å². The van der Waals surface area contributed by atoms with Crippen molar-refractivity contribution in [2.75, 3.05) is 29.9 Å². The van der Waals surface area contributed by atoms with E-state index in [0.29, 0.717) is 18.2 Å². The van der Waals surface area contributed by atoms with E-state index in [-0.39, 0.29) is 28.4 Å². The third-order valence-corrected chi connectivity index (χ3v) is 6.40. The van der Waals surface area contributed by atoms with Gasteiger partial charge in [-0.15, -0.1) is 13.2 Å². The first-order valence-corrected chi connectivity index (χ1v) is 11.5. The average Bonchev–Trinajstić information content (AvgIpc) is 3.16. The van der Waals surface area contributed by atoms with Gasteiger partial charge in [-0.3, -0.25) is 4.79 Å². The topological polar surface area (TPSA) is 89.5 Å². The van der Waals surface area contributed by atoms with Crippen LogP contribution >= 0.6 is 11.6 Å². The minimum atomic E-state index is -4.80. The highest BCUT2D eigenvalue weighted by Gasteiger charge is 2.44. The lowest BCUT2D eigenvalue weighted by Crippen LogP contribution is -2.35. The summed E-state index contributed by atoms with van der Waals surface area (Å²) in [4.78, 5) is 26.9. The van der Waals surface area contributed by atoms with Crippen LogP contribution in [-0.4, -0.2) is 47.0 Å². The lowest BCUT2D eigenvalue weighted by molar-refractivity contribution is -0.274. The Morgan fingerprint density at radius 2 is 2.12 bits per heavy atom. The summed E-state index contributed by atoms with van der Waals surface area (Å²) in [5, 5.41) is 2.86. The molecule has 12 heteroatoms. The Bertz CT molecular complexity index is 1040. The number of carbonyl (C=O) groups excluding carboxylic acids is 1. The number of pyridine rings is 1. The van der Waals surface area contributed by atoms with Crippen molar-refractivity contribution in [3.63, 3.8) is 0 Å². The van der Waals surface area contributed by atoms with E-state index in [1.165, 1.54) is 6.20 Å². The van der Waals surface area contributed by atoms with E-state index in [2.05, 4.69) is 29.9 Å². The average molecular weight is 500 g/mol. The zero-order valence-corrected chi connectivity index (χ0v) is 19.3. The quantitative estimate of drug-likeness (QED) is 0.433. The lowest BCUT2D eigenvalue weighted by atomic mass is 9.69. The van der Waals surface area contributed by atoms with Crippen LogP contribution in [0.15, 0.2) is 24.4 Å². The highest BCUT2D eigenvalue weighted by Crippen LogP contribution is 2.47. The van der Waals surface area contributed by atoms with Gasteiger partial charge in [-0.2, -0.15) is 0 Å². The van der Waals surface area contributed by atoms with Crippen molar-refractivity contribution in [1.29, 1.82) is 0 Å². The van der Waals surface area contributed by atoms with Gasteiger partial charge in [0.25, 0.3) is 0 Å². The summed E-state index contributed by atoms with van der Waals surface area (Å²) in [6.45, 7) is 3.66. The van der Waals surface area contributed by atoms with Crippen molar-refractivity contribution in [2.45, 2.75) is 45.4 Å². The Morgan fingerprint density at radius 3 is 2.88 bits per heavy atom. The molecule has 34 heavy (non-hydrogen) atoms. The Morgan fingerprint density at radius 1 is 1.29 bits per heavy atom. The molecule has 3 heterocycles. The van der Waals surface area contributed by atoms with Crippen molar-refractivity contribution in [3.8, 4) is 5.75 Å². The number of nitrogens with zero attached hydrogens (tertiary/aromatic N) is 4. The molecule has 2 unspecified atom stereocenters. The van der Waals surface area contributed by atoms with Crippen LogP contribution in [0.2, 0.25) is 5.28 Å². The molecule has 4 rings (SSSR count). The van der Waals surface area contributed by atoms with Gasteiger partial charge >= 0.3 is 12.3 Å². The van der Waals surface area contributed by atoms with Gasteiger partial charge < -0.3 is 19.7 Å². The van der Waals surface area contributed by atoms with Gasteiger partial charge in [0.15, 0.2) is 0 Å². The second kappa shape index (κ2) is 9.81. The molecule has 2 aromatic rings. The van der Waals surface area contributed by atoms with Crippen molar-refractivity contribution in [2.24, 2.45) is 11.3 Å². The molecule has 184 valence electrons. The number of nitrogens with one attached hydrogen (secondary N) is 1. The van der Waals surface area contributed by atoms with Gasteiger partial charge in [0.2, 0.25) is 5.28 Å². The van der Waals surface area contributed by atoms with Crippen molar-refractivity contribution in [1.82, 2.24) is 15.0 Å². The van der Waals surface area contributed by atoms with Gasteiger partial charge in [-0.1, -0.05) is 6.42 Å². The number of alkyl halides is 3. The molecule has 0 amide bonds. The molecule has 1 aliphatic carbocycles. The van der Waals surface area contributed by atoms with Gasteiger partial charge in [0, 0.05) is 31.4 Å². The number of rotatable bonds is 6. The standard InChI is InChI=1S/C22H25ClF3N5O3/c1-2-33-19(32)14-4-3-6-21(12-14)7-9-31(13-21)18-11-17(29-20(23)30-18)28-16-10-15(5-8-27-16)34-22(24,25)26/h5,8,10-11,14H,2-4,6-7,9,12-13H2,1H3,(H,27,28,29,30). The highest BCUT2D eigenvalue weighted by atomic mass is 35.5. The summed E-state index contributed by atoms with van der Waals surface area (Å²) in [7, 11) is 0. The largest absolute Gasteiger partial charge is 0.573 e. The van der Waals surface area contributed by atoms with Crippen LogP contribution in [0, 0.1) is 11.3 Å². The predicted molar refractivity (Wildman–Crippen MR) is 119 cm³/mol. The smallest absolute Gasteiger partial charge is 0.466 e. The maximum Gasteiger partial charge on any atom is 0.573 e. The van der Waals surface area contributed by atoms with Crippen LogP contribution in [0.25, 0.3) is 0 Å². The fraction of sp³-hybridized carbons (Fsp3) is 0.545. The van der Waals surface area contributed by atoms with Crippen LogP contribution in [0.1, 0.15) is 39.0 Å². The van der Waals surface area contributed by atoms with Gasteiger partial charge in [0.05, 0.1) is 12.5 Å². The monoisotopic (exact) mass is 499 g/mol. The molecular formula is C22H25ClF3N5O3. The van der Waals surface area contributed by atoms with E-state index in [4.69, 9.17) is 16.3 Å². The zero-order valence-electron chi connectivity index (χ0n) is 18.6. The number of ether oxygens (including phenoxy) is 2. The first-order chi connectivity index (χ1) is 16.1. The lowest BCUT2D eigenvalue weighted by Gasteiger charge is -2.37. The SMILES string of the molecule is CCOC(=O)C1CCCC2(CCN(c3cc(Nc4cc(OC(F)(F)F)ccn4)nc(Cl)n3)C2)C1. The van der Waals surface area contributed by atoms with Crippen molar-refractivity contribution in [3.05, 3.63) is 29.7 Å². The number of halogens is 4. The number of hydrogen-bond acceptors (Lipinski definition) is 8. The van der Waals surface area contributed by atoms with Crippen molar-refractivity contribution < 1.29 is 27.4 Å². The molecule has 2 aliphatic rings. The third-order valence-electron chi connectivity index (χ3n) is 6.23. The van der Waals surface area contributed by atoms with Gasteiger partial charge in [-0.05, 0) is 55.7 Å². The Kier molecular flexibility index (Phi) is 7.01. The molecule has 1 saturated carbocycles. The molecule has 0 bridgehead atoms. The molecule has 1 N–H and O–H groups in total. The number of anilines is 3. The summed E-state index contributed by atoms with van der Waals surface area (Å²) in [6.07, 6.45) is 0.934. The molecule has 2 aromatic heterocycles. The van der Waals surface area contributed by atoms with E-state index >= 15 is 0 Å². The van der Waals surface area contributed by atoms with Crippen LogP contribution in [0.5, 0.6) is 5.75 Å². The Hall–Kier alpha value is -2.82.